The fourth-order valence-corrected chi connectivity index (χ4v) is 4.46. The highest BCUT2D eigenvalue weighted by Crippen LogP contribution is 2.60. The Labute approximate surface area is 116 Å². The van der Waals surface area contributed by atoms with Gasteiger partial charge in [0.15, 0.2) is 0 Å². The first-order chi connectivity index (χ1) is 7.93. The lowest BCUT2D eigenvalue weighted by Gasteiger charge is -2.56. The summed E-state index contributed by atoms with van der Waals surface area (Å²) in [4.78, 5) is 0. The molecule has 0 bridgehead atoms. The molecule has 0 amide bonds. The van der Waals surface area contributed by atoms with Crippen molar-refractivity contribution in [1.82, 2.24) is 0 Å². The number of hydrogen-bond acceptors (Lipinski definition) is 0. The number of rotatable bonds is 4. The molecule has 1 aliphatic carbocycles. The molecule has 18 heavy (non-hydrogen) atoms. The van der Waals surface area contributed by atoms with E-state index in [0.29, 0.717) is 21.7 Å². The van der Waals surface area contributed by atoms with Crippen molar-refractivity contribution in [3.63, 3.8) is 0 Å². The predicted molar refractivity (Wildman–Crippen MR) is 82.8 cm³/mol. The van der Waals surface area contributed by atoms with E-state index in [1.165, 1.54) is 38.5 Å². The van der Waals surface area contributed by atoms with E-state index in [4.69, 9.17) is 0 Å². The van der Waals surface area contributed by atoms with Crippen LogP contribution in [0.3, 0.4) is 0 Å². The van der Waals surface area contributed by atoms with Crippen LogP contribution in [0.25, 0.3) is 0 Å². The van der Waals surface area contributed by atoms with Crippen LogP contribution in [0.1, 0.15) is 93.9 Å². The van der Waals surface area contributed by atoms with Gasteiger partial charge in [0.05, 0.1) is 0 Å². The minimum Gasteiger partial charge on any atom is -0.0654 e. The van der Waals surface area contributed by atoms with Gasteiger partial charge in [0.25, 0.3) is 0 Å². The van der Waals surface area contributed by atoms with Crippen LogP contribution in [0.2, 0.25) is 0 Å². The van der Waals surface area contributed by atoms with Gasteiger partial charge < -0.3 is 0 Å². The van der Waals surface area contributed by atoms with Crippen molar-refractivity contribution in [3.8, 4) is 0 Å². The van der Waals surface area contributed by atoms with Gasteiger partial charge in [0, 0.05) is 0 Å². The summed E-state index contributed by atoms with van der Waals surface area (Å²) in [6.45, 7) is 19.8. The Morgan fingerprint density at radius 2 is 1.50 bits per heavy atom. The second-order valence-corrected chi connectivity index (χ2v) is 9.38. The Morgan fingerprint density at radius 3 is 2.00 bits per heavy atom. The molecule has 0 saturated heterocycles. The van der Waals surface area contributed by atoms with Crippen molar-refractivity contribution in [3.05, 3.63) is 0 Å². The van der Waals surface area contributed by atoms with Crippen LogP contribution in [-0.4, -0.2) is 0 Å². The molecule has 1 unspecified atom stereocenters. The van der Waals surface area contributed by atoms with E-state index in [0.717, 1.165) is 0 Å². The highest BCUT2D eigenvalue weighted by molar-refractivity contribution is 5.00. The zero-order valence-electron chi connectivity index (χ0n) is 14.2. The second-order valence-electron chi connectivity index (χ2n) is 9.38. The van der Waals surface area contributed by atoms with Crippen molar-refractivity contribution < 1.29 is 0 Å². The van der Waals surface area contributed by atoms with Gasteiger partial charge in [0.2, 0.25) is 0 Å². The standard InChI is InChI=1S/C18H36/c1-9-10-15(2,3)13-18(8)14-16(4,5)11-12-17(18,6)7/h9-14H2,1-8H3. The van der Waals surface area contributed by atoms with Crippen molar-refractivity contribution in [2.24, 2.45) is 21.7 Å². The average molecular weight is 252 g/mol. The van der Waals surface area contributed by atoms with E-state index in [2.05, 4.69) is 55.4 Å². The fourth-order valence-electron chi connectivity index (χ4n) is 4.46. The quantitative estimate of drug-likeness (QED) is 0.539. The lowest BCUT2D eigenvalue weighted by Crippen LogP contribution is -2.46. The topological polar surface area (TPSA) is 0 Å². The Kier molecular flexibility index (Phi) is 4.31. The third kappa shape index (κ3) is 3.52. The first-order valence-corrected chi connectivity index (χ1v) is 7.93. The summed E-state index contributed by atoms with van der Waals surface area (Å²) in [7, 11) is 0. The lowest BCUT2D eigenvalue weighted by molar-refractivity contribution is -0.0574. The van der Waals surface area contributed by atoms with Crippen LogP contribution >= 0.6 is 0 Å². The van der Waals surface area contributed by atoms with Crippen LogP contribution in [0.5, 0.6) is 0 Å². The molecule has 0 N–H and O–H groups in total. The minimum absolute atomic E-state index is 0.493. The molecular weight excluding hydrogens is 216 g/mol. The van der Waals surface area contributed by atoms with Gasteiger partial charge in [-0.15, -0.1) is 0 Å². The highest BCUT2D eigenvalue weighted by atomic mass is 14.5. The third-order valence-electron chi connectivity index (χ3n) is 5.72. The van der Waals surface area contributed by atoms with Crippen LogP contribution in [0, 0.1) is 21.7 Å². The molecule has 1 fully saturated rings. The van der Waals surface area contributed by atoms with Gasteiger partial charge in [-0.05, 0) is 53.8 Å². The molecule has 0 aromatic carbocycles. The summed E-state index contributed by atoms with van der Waals surface area (Å²) in [5.41, 5.74) is 2.02. The number of hydrogen-bond donors (Lipinski definition) is 0. The third-order valence-corrected chi connectivity index (χ3v) is 5.72. The maximum Gasteiger partial charge on any atom is -0.0264 e. The molecule has 1 saturated carbocycles. The van der Waals surface area contributed by atoms with Gasteiger partial charge in [0.1, 0.15) is 0 Å². The Balaban J connectivity index is 2.92. The molecular formula is C18H36. The molecule has 1 atom stereocenters. The highest BCUT2D eigenvalue weighted by Gasteiger charge is 2.49. The van der Waals surface area contributed by atoms with Crippen LogP contribution in [0.15, 0.2) is 0 Å². The maximum absolute atomic E-state index is 2.56. The summed E-state index contributed by atoms with van der Waals surface area (Å²) in [6.07, 6.45) is 8.22. The molecule has 108 valence electrons. The van der Waals surface area contributed by atoms with Gasteiger partial charge in [-0.25, -0.2) is 0 Å². The van der Waals surface area contributed by atoms with Crippen molar-refractivity contribution >= 4 is 0 Å². The molecule has 0 spiro atoms. The van der Waals surface area contributed by atoms with Gasteiger partial charge in [-0.2, -0.15) is 0 Å². The monoisotopic (exact) mass is 252 g/mol. The van der Waals surface area contributed by atoms with Gasteiger partial charge >= 0.3 is 0 Å². The van der Waals surface area contributed by atoms with E-state index < -0.39 is 0 Å². The van der Waals surface area contributed by atoms with Crippen molar-refractivity contribution in [2.45, 2.75) is 93.9 Å². The predicted octanol–water partition coefficient (Wildman–Crippen LogP) is 6.45. The molecule has 0 nitrogen and oxygen atoms in total. The summed E-state index contributed by atoms with van der Waals surface area (Å²) in [5, 5.41) is 0. The van der Waals surface area contributed by atoms with Crippen LogP contribution < -0.4 is 0 Å². The van der Waals surface area contributed by atoms with E-state index in [1.807, 2.05) is 0 Å². The largest absolute Gasteiger partial charge is 0.0654 e. The van der Waals surface area contributed by atoms with Crippen LogP contribution in [0.4, 0.5) is 0 Å². The fraction of sp³-hybridized carbons (Fsp3) is 1.00. The first kappa shape index (κ1) is 16.1. The van der Waals surface area contributed by atoms with Gasteiger partial charge in [-0.3, -0.25) is 0 Å². The van der Waals surface area contributed by atoms with Crippen LogP contribution in [-0.2, 0) is 0 Å². The molecule has 1 aliphatic rings. The van der Waals surface area contributed by atoms with Crippen molar-refractivity contribution in [1.29, 1.82) is 0 Å². The van der Waals surface area contributed by atoms with E-state index in [1.54, 1.807) is 0 Å². The molecule has 0 aromatic rings. The molecule has 0 aliphatic heterocycles. The Morgan fingerprint density at radius 1 is 0.944 bits per heavy atom. The lowest BCUT2D eigenvalue weighted by atomic mass is 9.49. The Hall–Kier alpha value is 0. The summed E-state index contributed by atoms with van der Waals surface area (Å²) in [6, 6.07) is 0. The van der Waals surface area contributed by atoms with E-state index in [9.17, 15) is 0 Å². The average Bonchev–Trinajstić information content (AvgIpc) is 2.10. The maximum atomic E-state index is 2.56. The Bertz CT molecular complexity index is 282. The molecule has 0 radical (unpaired) electrons. The summed E-state index contributed by atoms with van der Waals surface area (Å²) < 4.78 is 0. The normalized spacial score (nSPS) is 31.3. The SMILES string of the molecule is CCCC(C)(C)CC1(C)CC(C)(C)CCC1(C)C. The van der Waals surface area contributed by atoms with Gasteiger partial charge in [-0.1, -0.05) is 61.8 Å². The van der Waals surface area contributed by atoms with E-state index in [-0.39, 0.29) is 0 Å². The molecule has 0 heteroatoms. The summed E-state index contributed by atoms with van der Waals surface area (Å²) >= 11 is 0. The molecule has 0 heterocycles. The molecule has 1 rings (SSSR count). The van der Waals surface area contributed by atoms with E-state index >= 15 is 0 Å². The second kappa shape index (κ2) is 4.84. The van der Waals surface area contributed by atoms with Crippen molar-refractivity contribution in [2.75, 3.05) is 0 Å². The molecule has 0 aromatic heterocycles. The zero-order valence-corrected chi connectivity index (χ0v) is 14.2. The zero-order chi connectivity index (χ0) is 14.2. The first-order valence-electron chi connectivity index (χ1n) is 7.93. The minimum atomic E-state index is 0.493. The summed E-state index contributed by atoms with van der Waals surface area (Å²) in [5.74, 6) is 0. The smallest absolute Gasteiger partial charge is 0.0264 e.